The van der Waals surface area contributed by atoms with E-state index >= 15 is 0 Å². The Morgan fingerprint density at radius 3 is 2.63 bits per heavy atom. The number of amides is 1. The average Bonchev–Trinajstić information content (AvgIpc) is 2.85. The van der Waals surface area contributed by atoms with Gasteiger partial charge in [0.25, 0.3) is 5.91 Å². The molecule has 0 saturated carbocycles. The van der Waals surface area contributed by atoms with Gasteiger partial charge in [0.1, 0.15) is 17.0 Å². The molecule has 0 radical (unpaired) electrons. The Morgan fingerprint density at radius 2 is 1.94 bits per heavy atom. The zero-order valence-corrected chi connectivity index (χ0v) is 19.3. The number of rotatable bonds is 7. The van der Waals surface area contributed by atoms with Crippen LogP contribution in [0.3, 0.4) is 0 Å². The van der Waals surface area contributed by atoms with Crippen LogP contribution in [-0.4, -0.2) is 48.1 Å². The first-order valence-corrected chi connectivity index (χ1v) is 11.8. The molecular formula is C23H20N5O6P. The van der Waals surface area contributed by atoms with Crippen LogP contribution in [0.25, 0.3) is 11.5 Å². The van der Waals surface area contributed by atoms with Crippen molar-refractivity contribution in [2.24, 2.45) is 0 Å². The molecule has 2 aromatic heterocycles. The first-order chi connectivity index (χ1) is 16.7. The molecule has 0 atom stereocenters. The Balaban J connectivity index is 1.62. The zero-order chi connectivity index (χ0) is 25.0. The van der Waals surface area contributed by atoms with Crippen LogP contribution in [0.5, 0.6) is 11.6 Å². The normalized spacial score (nSPS) is 11.2. The molecule has 0 aliphatic heterocycles. The van der Waals surface area contributed by atoms with E-state index in [0.717, 1.165) is 0 Å². The summed E-state index contributed by atoms with van der Waals surface area (Å²) in [6, 6.07) is 14.3. The van der Waals surface area contributed by atoms with E-state index in [-0.39, 0.29) is 23.1 Å². The smallest absolute Gasteiger partial charge is 0.356 e. The molecule has 0 saturated heterocycles. The Morgan fingerprint density at radius 1 is 1.11 bits per heavy atom. The van der Waals surface area contributed by atoms with Gasteiger partial charge >= 0.3 is 7.60 Å². The van der Waals surface area contributed by atoms with Crippen molar-refractivity contribution in [3.8, 4) is 23.1 Å². The molecule has 0 fully saturated rings. The standard InChI is InChI=1S/C23H20N5O6P/c1-34-16-8-7-15(10-14-4-2-5-17(11-14)35(31,32)33)20(12-16)26-22(29)18-13-24-21(27-23(18)30)19-6-3-9-25-28-19/h2-9,11-13H,10H2,1H3,(H,26,29)(H,24,27,30)(H2,31,32,33). The molecule has 0 spiro atoms. The van der Waals surface area contributed by atoms with Crippen molar-refractivity contribution in [1.29, 1.82) is 0 Å². The van der Waals surface area contributed by atoms with Crippen molar-refractivity contribution in [1.82, 2.24) is 20.2 Å². The predicted octanol–water partition coefficient (Wildman–Crippen LogP) is 2.29. The maximum absolute atomic E-state index is 12.9. The van der Waals surface area contributed by atoms with Gasteiger partial charge in [-0.3, -0.25) is 9.36 Å². The highest BCUT2D eigenvalue weighted by atomic mass is 31.2. The summed E-state index contributed by atoms with van der Waals surface area (Å²) in [4.78, 5) is 39.9. The molecule has 4 rings (SSSR count). The number of methoxy groups -OCH3 is 1. The van der Waals surface area contributed by atoms with Crippen LogP contribution in [0.15, 0.2) is 67.0 Å². The van der Waals surface area contributed by atoms with Crippen LogP contribution >= 0.6 is 7.60 Å². The Labute approximate surface area is 199 Å². The zero-order valence-electron chi connectivity index (χ0n) is 18.4. The van der Waals surface area contributed by atoms with Crippen LogP contribution in [-0.2, 0) is 11.0 Å². The number of carbonyl (C=O) groups excluding carboxylic acids is 1. The fraction of sp³-hybridized carbons (Fsp3) is 0.0870. The number of nitrogens with zero attached hydrogens (tertiary/aromatic N) is 4. The SMILES string of the molecule is COc1ccc(Cc2cccc(P(=O)(O)O)c2)c(NC(=O)c2cnc(-c3cccnn3)nc2O)c1. The van der Waals surface area contributed by atoms with Crippen LogP contribution < -0.4 is 15.4 Å². The van der Waals surface area contributed by atoms with Crippen LogP contribution in [0.1, 0.15) is 21.5 Å². The molecule has 4 N–H and O–H groups in total. The van der Waals surface area contributed by atoms with E-state index in [1.165, 1.54) is 31.6 Å². The highest BCUT2D eigenvalue weighted by Crippen LogP contribution is 2.34. The number of carbonyl (C=O) groups is 1. The molecule has 1 amide bonds. The summed E-state index contributed by atoms with van der Waals surface area (Å²) in [5, 5.41) is 20.6. The molecule has 0 aliphatic rings. The largest absolute Gasteiger partial charge is 0.497 e. The fourth-order valence-corrected chi connectivity index (χ4v) is 3.90. The molecule has 2 aromatic carbocycles. The van der Waals surface area contributed by atoms with E-state index in [1.807, 2.05) is 0 Å². The third-order valence-electron chi connectivity index (χ3n) is 5.02. The number of hydrogen-bond acceptors (Lipinski definition) is 8. The first kappa shape index (κ1) is 24.0. The molecular weight excluding hydrogens is 473 g/mol. The van der Waals surface area contributed by atoms with Crippen molar-refractivity contribution in [2.75, 3.05) is 12.4 Å². The number of anilines is 1. The number of aromatic nitrogens is 4. The van der Waals surface area contributed by atoms with Gasteiger partial charge in [-0.25, -0.2) is 4.98 Å². The molecule has 178 valence electrons. The summed E-state index contributed by atoms with van der Waals surface area (Å²) >= 11 is 0. The summed E-state index contributed by atoms with van der Waals surface area (Å²) in [6.45, 7) is 0. The minimum Gasteiger partial charge on any atom is -0.497 e. The van der Waals surface area contributed by atoms with Gasteiger partial charge in [-0.05, 0) is 47.9 Å². The molecule has 0 bridgehead atoms. The minimum atomic E-state index is -4.41. The highest BCUT2D eigenvalue weighted by molar-refractivity contribution is 7.60. The van der Waals surface area contributed by atoms with Gasteiger partial charge in [-0.15, -0.1) is 5.10 Å². The lowest BCUT2D eigenvalue weighted by atomic mass is 10.0. The minimum absolute atomic E-state index is 0.0978. The molecule has 0 unspecified atom stereocenters. The van der Waals surface area contributed by atoms with Crippen LogP contribution in [0.4, 0.5) is 5.69 Å². The van der Waals surface area contributed by atoms with Gasteiger partial charge in [-0.2, -0.15) is 10.1 Å². The Bertz CT molecular complexity index is 1430. The maximum atomic E-state index is 12.9. The second-order valence-corrected chi connectivity index (χ2v) is 9.01. The molecule has 4 aromatic rings. The van der Waals surface area contributed by atoms with E-state index in [1.54, 1.807) is 42.5 Å². The van der Waals surface area contributed by atoms with E-state index in [0.29, 0.717) is 28.3 Å². The van der Waals surface area contributed by atoms with Crippen molar-refractivity contribution < 1.29 is 29.0 Å². The molecule has 12 heteroatoms. The summed E-state index contributed by atoms with van der Waals surface area (Å²) in [5.74, 6) is -0.603. The van der Waals surface area contributed by atoms with Gasteiger partial charge in [0, 0.05) is 24.1 Å². The Kier molecular flexibility index (Phi) is 6.83. The third-order valence-corrected chi connectivity index (χ3v) is 5.97. The van der Waals surface area contributed by atoms with E-state index in [9.17, 15) is 24.3 Å². The predicted molar refractivity (Wildman–Crippen MR) is 127 cm³/mol. The second-order valence-electron chi connectivity index (χ2n) is 7.41. The number of aromatic hydroxyl groups is 1. The highest BCUT2D eigenvalue weighted by Gasteiger charge is 2.19. The van der Waals surface area contributed by atoms with E-state index in [4.69, 9.17) is 4.74 Å². The van der Waals surface area contributed by atoms with Crippen LogP contribution in [0, 0.1) is 0 Å². The lowest BCUT2D eigenvalue weighted by Crippen LogP contribution is -2.15. The number of nitrogens with one attached hydrogen (secondary N) is 1. The van der Waals surface area contributed by atoms with Gasteiger partial charge in [0.2, 0.25) is 5.88 Å². The summed E-state index contributed by atoms with van der Waals surface area (Å²) in [5.41, 5.74) is 1.84. The first-order valence-electron chi connectivity index (χ1n) is 10.2. The summed E-state index contributed by atoms with van der Waals surface area (Å²) in [7, 11) is -2.93. The van der Waals surface area contributed by atoms with Gasteiger partial charge in [0.05, 0.1) is 12.4 Å². The summed E-state index contributed by atoms with van der Waals surface area (Å²) in [6.07, 6.45) is 2.94. The van der Waals surface area contributed by atoms with E-state index < -0.39 is 19.4 Å². The topological polar surface area (TPSA) is 168 Å². The lowest BCUT2D eigenvalue weighted by molar-refractivity contribution is 0.102. The van der Waals surface area contributed by atoms with Gasteiger partial charge < -0.3 is 24.9 Å². The van der Waals surface area contributed by atoms with E-state index in [2.05, 4.69) is 25.5 Å². The van der Waals surface area contributed by atoms with Crippen molar-refractivity contribution in [3.63, 3.8) is 0 Å². The second kappa shape index (κ2) is 9.98. The molecule has 11 nitrogen and oxygen atoms in total. The van der Waals surface area contributed by atoms with Crippen molar-refractivity contribution in [3.05, 3.63) is 83.7 Å². The molecule has 35 heavy (non-hydrogen) atoms. The maximum Gasteiger partial charge on any atom is 0.356 e. The van der Waals surface area contributed by atoms with Gasteiger partial charge in [-0.1, -0.05) is 18.2 Å². The quantitative estimate of drug-likeness (QED) is 0.280. The number of hydrogen-bond donors (Lipinski definition) is 4. The van der Waals surface area contributed by atoms with Crippen molar-refractivity contribution >= 4 is 24.5 Å². The molecule has 0 aliphatic carbocycles. The van der Waals surface area contributed by atoms with Crippen LogP contribution in [0.2, 0.25) is 0 Å². The lowest BCUT2D eigenvalue weighted by Gasteiger charge is -2.14. The Hall–Kier alpha value is -4.18. The average molecular weight is 493 g/mol. The number of ether oxygens (including phenoxy) is 1. The third kappa shape index (κ3) is 5.67. The van der Waals surface area contributed by atoms with Crippen molar-refractivity contribution in [2.45, 2.75) is 6.42 Å². The number of benzene rings is 2. The van der Waals surface area contributed by atoms with Gasteiger partial charge in [0.15, 0.2) is 5.82 Å². The monoisotopic (exact) mass is 493 g/mol. The molecule has 2 heterocycles. The summed E-state index contributed by atoms with van der Waals surface area (Å²) < 4.78 is 16.9. The fourth-order valence-electron chi connectivity index (χ4n) is 3.29.